The summed E-state index contributed by atoms with van der Waals surface area (Å²) < 4.78 is 27.3. The molecular weight excluding hydrogens is 372 g/mol. The van der Waals surface area contributed by atoms with E-state index in [1.807, 2.05) is 39.0 Å². The molecule has 0 fully saturated rings. The molecule has 0 radical (unpaired) electrons. The highest BCUT2D eigenvalue weighted by Gasteiger charge is 2.24. The first-order valence-electron chi connectivity index (χ1n) is 8.18. The highest BCUT2D eigenvalue weighted by Crippen LogP contribution is 2.29. The van der Waals surface area contributed by atoms with Crippen molar-refractivity contribution in [2.75, 3.05) is 5.32 Å². The Kier molecular flexibility index (Phi) is 4.71. The van der Waals surface area contributed by atoms with Gasteiger partial charge in [-0.05, 0) is 50.9 Å². The van der Waals surface area contributed by atoms with Gasteiger partial charge in [-0.3, -0.25) is 0 Å². The topological polar surface area (TPSA) is 76.9 Å². The smallest absolute Gasteiger partial charge is 0.244 e. The van der Waals surface area contributed by atoms with Crippen LogP contribution in [0.2, 0.25) is 5.28 Å². The monoisotopic (exact) mass is 392 g/mol. The Morgan fingerprint density at radius 1 is 1.15 bits per heavy atom. The molecule has 1 aromatic carbocycles. The maximum atomic E-state index is 13.0. The van der Waals surface area contributed by atoms with Crippen molar-refractivity contribution in [3.8, 4) is 0 Å². The average Bonchev–Trinajstić information content (AvgIpc) is 2.83. The second-order valence-electron chi connectivity index (χ2n) is 7.25. The SMILES string of the molecule is Cc1cc2c(NC(C)(C)C)nc(Cl)nc2n1S(=O)(=O)Cc1ccccc1. The number of rotatable bonds is 4. The predicted octanol–water partition coefficient (Wildman–Crippen LogP) is 3.98. The van der Waals surface area contributed by atoms with Gasteiger partial charge in [0.25, 0.3) is 0 Å². The Balaban J connectivity index is 2.16. The van der Waals surface area contributed by atoms with Crippen LogP contribution < -0.4 is 5.32 Å². The van der Waals surface area contributed by atoms with Gasteiger partial charge >= 0.3 is 0 Å². The molecule has 0 saturated carbocycles. The summed E-state index contributed by atoms with van der Waals surface area (Å²) in [5, 5.41) is 3.89. The third-order valence-electron chi connectivity index (χ3n) is 3.73. The fraction of sp³-hybridized carbons (Fsp3) is 0.333. The summed E-state index contributed by atoms with van der Waals surface area (Å²) in [4.78, 5) is 8.44. The molecule has 0 aliphatic carbocycles. The van der Waals surface area contributed by atoms with Crippen LogP contribution in [0, 0.1) is 6.92 Å². The highest BCUT2D eigenvalue weighted by molar-refractivity contribution is 7.89. The van der Waals surface area contributed by atoms with Crippen LogP contribution in [0.15, 0.2) is 36.4 Å². The van der Waals surface area contributed by atoms with Gasteiger partial charge in [0.15, 0.2) is 5.65 Å². The second kappa shape index (κ2) is 6.55. The summed E-state index contributed by atoms with van der Waals surface area (Å²) in [6, 6.07) is 10.8. The number of hydrogen-bond acceptors (Lipinski definition) is 5. The van der Waals surface area contributed by atoms with Gasteiger partial charge in [-0.15, -0.1) is 0 Å². The lowest BCUT2D eigenvalue weighted by atomic mass is 10.1. The molecule has 3 rings (SSSR count). The zero-order valence-corrected chi connectivity index (χ0v) is 16.7. The van der Waals surface area contributed by atoms with Crippen LogP contribution in [0.25, 0.3) is 11.0 Å². The molecule has 0 aliphatic heterocycles. The van der Waals surface area contributed by atoms with E-state index in [4.69, 9.17) is 11.6 Å². The summed E-state index contributed by atoms with van der Waals surface area (Å²) in [6.45, 7) is 7.71. The van der Waals surface area contributed by atoms with Crippen LogP contribution in [0.3, 0.4) is 0 Å². The Hall–Kier alpha value is -2.12. The Morgan fingerprint density at radius 3 is 2.42 bits per heavy atom. The third-order valence-corrected chi connectivity index (χ3v) is 5.61. The number of nitrogens with zero attached hydrogens (tertiary/aromatic N) is 3. The van der Waals surface area contributed by atoms with Crippen molar-refractivity contribution >= 4 is 38.5 Å². The molecule has 0 saturated heterocycles. The van der Waals surface area contributed by atoms with Gasteiger partial charge in [-0.2, -0.15) is 4.98 Å². The molecule has 1 N–H and O–H groups in total. The van der Waals surface area contributed by atoms with E-state index in [2.05, 4.69) is 15.3 Å². The van der Waals surface area contributed by atoms with E-state index in [0.29, 0.717) is 22.5 Å². The predicted molar refractivity (Wildman–Crippen MR) is 105 cm³/mol. The van der Waals surface area contributed by atoms with Crippen molar-refractivity contribution in [3.63, 3.8) is 0 Å². The number of benzene rings is 1. The molecule has 8 heteroatoms. The molecular formula is C18H21ClN4O2S. The van der Waals surface area contributed by atoms with E-state index in [1.165, 1.54) is 3.97 Å². The summed E-state index contributed by atoms with van der Waals surface area (Å²) >= 11 is 6.07. The van der Waals surface area contributed by atoms with Gasteiger partial charge < -0.3 is 5.32 Å². The van der Waals surface area contributed by atoms with Crippen LogP contribution in [-0.2, 0) is 15.8 Å². The van der Waals surface area contributed by atoms with E-state index >= 15 is 0 Å². The van der Waals surface area contributed by atoms with E-state index in [1.54, 1.807) is 25.1 Å². The maximum absolute atomic E-state index is 13.0. The lowest BCUT2D eigenvalue weighted by Crippen LogP contribution is -2.27. The molecule has 0 atom stereocenters. The van der Waals surface area contributed by atoms with E-state index in [0.717, 1.165) is 0 Å². The Morgan fingerprint density at radius 2 is 1.81 bits per heavy atom. The first-order valence-corrected chi connectivity index (χ1v) is 10.2. The molecule has 0 bridgehead atoms. The molecule has 6 nitrogen and oxygen atoms in total. The molecule has 2 aromatic heterocycles. The van der Waals surface area contributed by atoms with Gasteiger partial charge in [0.2, 0.25) is 15.3 Å². The summed E-state index contributed by atoms with van der Waals surface area (Å²) in [5.41, 5.74) is 1.29. The van der Waals surface area contributed by atoms with Crippen molar-refractivity contribution < 1.29 is 8.42 Å². The van der Waals surface area contributed by atoms with Crippen molar-refractivity contribution in [2.24, 2.45) is 0 Å². The number of nitrogens with one attached hydrogen (secondary N) is 1. The number of fused-ring (bicyclic) bond motifs is 1. The first-order chi connectivity index (χ1) is 12.1. The number of aromatic nitrogens is 3. The third kappa shape index (κ3) is 3.83. The largest absolute Gasteiger partial charge is 0.365 e. The standard InChI is InChI=1S/C18H21ClN4O2S/c1-12-10-14-15(22-18(2,3)4)20-17(19)21-16(14)23(12)26(24,25)11-13-8-6-5-7-9-13/h5-10H,11H2,1-4H3,(H,20,21,22). The van der Waals surface area contributed by atoms with Gasteiger partial charge in [0.1, 0.15) is 5.82 Å². The summed E-state index contributed by atoms with van der Waals surface area (Å²) in [5.74, 6) is 0.395. The quantitative estimate of drug-likeness (QED) is 0.679. The van der Waals surface area contributed by atoms with Crippen LogP contribution >= 0.6 is 11.6 Å². The molecule has 138 valence electrons. The zero-order chi connectivity index (χ0) is 19.1. The van der Waals surface area contributed by atoms with Gasteiger partial charge in [-0.25, -0.2) is 17.4 Å². The van der Waals surface area contributed by atoms with Crippen LogP contribution in [0.4, 0.5) is 5.82 Å². The van der Waals surface area contributed by atoms with Crippen LogP contribution in [0.5, 0.6) is 0 Å². The summed E-state index contributed by atoms with van der Waals surface area (Å²) in [6.07, 6.45) is 0. The minimum absolute atomic E-state index is 0.00138. The van der Waals surface area contributed by atoms with Gasteiger partial charge in [0, 0.05) is 11.2 Å². The lowest BCUT2D eigenvalue weighted by molar-refractivity contribution is 0.587. The van der Waals surface area contributed by atoms with Crippen molar-refractivity contribution in [1.82, 2.24) is 13.9 Å². The fourth-order valence-electron chi connectivity index (χ4n) is 2.80. The van der Waals surface area contributed by atoms with E-state index in [9.17, 15) is 8.42 Å². The molecule has 0 aliphatic rings. The van der Waals surface area contributed by atoms with Crippen molar-refractivity contribution in [3.05, 3.63) is 52.9 Å². The average molecular weight is 393 g/mol. The molecule has 0 unspecified atom stereocenters. The minimum atomic E-state index is -3.66. The molecule has 0 amide bonds. The Bertz CT molecular complexity index is 1050. The van der Waals surface area contributed by atoms with E-state index < -0.39 is 10.0 Å². The maximum Gasteiger partial charge on any atom is 0.244 e. The lowest BCUT2D eigenvalue weighted by Gasteiger charge is -2.21. The van der Waals surface area contributed by atoms with Crippen LogP contribution in [0.1, 0.15) is 32.0 Å². The van der Waals surface area contributed by atoms with Crippen LogP contribution in [-0.4, -0.2) is 27.9 Å². The number of aryl methyl sites for hydroxylation is 1. The minimum Gasteiger partial charge on any atom is -0.365 e. The number of anilines is 1. The molecule has 0 spiro atoms. The molecule has 26 heavy (non-hydrogen) atoms. The molecule has 2 heterocycles. The Labute approximate surface area is 158 Å². The normalized spacial score (nSPS) is 12.5. The van der Waals surface area contributed by atoms with E-state index in [-0.39, 0.29) is 22.2 Å². The van der Waals surface area contributed by atoms with Crippen molar-refractivity contribution in [1.29, 1.82) is 0 Å². The fourth-order valence-corrected chi connectivity index (χ4v) is 4.61. The summed E-state index contributed by atoms with van der Waals surface area (Å²) in [7, 11) is -3.66. The van der Waals surface area contributed by atoms with Gasteiger partial charge in [-0.1, -0.05) is 30.3 Å². The second-order valence-corrected chi connectivity index (χ2v) is 9.40. The number of halogens is 1. The first kappa shape index (κ1) is 18.7. The number of hydrogen-bond donors (Lipinski definition) is 1. The highest BCUT2D eigenvalue weighted by atomic mass is 35.5. The van der Waals surface area contributed by atoms with Gasteiger partial charge in [0.05, 0.1) is 11.1 Å². The van der Waals surface area contributed by atoms with Crippen molar-refractivity contribution in [2.45, 2.75) is 39.0 Å². The zero-order valence-electron chi connectivity index (χ0n) is 15.1. The molecule has 3 aromatic rings.